The zero-order chi connectivity index (χ0) is 10.0. The summed E-state index contributed by atoms with van der Waals surface area (Å²) >= 11 is 3.08. The Labute approximate surface area is 84.8 Å². The molecule has 0 bridgehead atoms. The third-order valence-corrected chi connectivity index (χ3v) is 2.35. The van der Waals surface area contributed by atoms with Crippen LogP contribution in [0.5, 0.6) is 0 Å². The predicted molar refractivity (Wildman–Crippen MR) is 56.1 cm³/mol. The minimum Gasteiger partial charge on any atom is -0.387 e. The highest BCUT2D eigenvalue weighted by Gasteiger charge is 2.12. The molecular formula is C9H10BrFN2. The average molecular weight is 245 g/mol. The summed E-state index contributed by atoms with van der Waals surface area (Å²) < 4.78 is 13.9. The second-order valence-electron chi connectivity index (χ2n) is 2.66. The Morgan fingerprint density at radius 3 is 2.62 bits per heavy atom. The summed E-state index contributed by atoms with van der Waals surface area (Å²) in [4.78, 5) is 0. The second kappa shape index (κ2) is 3.87. The number of hydrogen-bond donors (Lipinski definition) is 2. The smallest absolute Gasteiger partial charge is 0.148 e. The molecule has 0 saturated carbocycles. The molecule has 1 aromatic rings. The molecule has 4 heteroatoms. The molecule has 0 amide bonds. The maximum atomic E-state index is 13.5. The van der Waals surface area contributed by atoms with Crippen molar-refractivity contribution in [3.05, 3.63) is 28.0 Å². The molecule has 0 saturated heterocycles. The van der Waals surface area contributed by atoms with Crippen LogP contribution in [0.3, 0.4) is 0 Å². The van der Waals surface area contributed by atoms with Gasteiger partial charge in [-0.2, -0.15) is 0 Å². The highest BCUT2D eigenvalue weighted by Crippen LogP contribution is 2.25. The van der Waals surface area contributed by atoms with Crippen molar-refractivity contribution >= 4 is 27.3 Å². The van der Waals surface area contributed by atoms with Gasteiger partial charge < -0.3 is 10.7 Å². The Morgan fingerprint density at radius 1 is 1.54 bits per heavy atom. The van der Waals surface area contributed by atoms with E-state index in [0.29, 0.717) is 15.7 Å². The Morgan fingerprint density at radius 2 is 2.15 bits per heavy atom. The quantitative estimate of drug-likeness (QED) is 0.772. The SMILES string of the molecule is CNc1ccc(Br)c(F)c1C(C)=N. The molecule has 0 atom stereocenters. The third kappa shape index (κ3) is 1.88. The minimum absolute atomic E-state index is 0.211. The lowest BCUT2D eigenvalue weighted by atomic mass is 10.1. The molecule has 2 nitrogen and oxygen atoms in total. The van der Waals surface area contributed by atoms with E-state index >= 15 is 0 Å². The van der Waals surface area contributed by atoms with E-state index in [1.54, 1.807) is 26.1 Å². The van der Waals surface area contributed by atoms with Gasteiger partial charge in [-0.05, 0) is 35.0 Å². The molecular weight excluding hydrogens is 235 g/mol. The van der Waals surface area contributed by atoms with Crippen LogP contribution in [-0.4, -0.2) is 12.8 Å². The van der Waals surface area contributed by atoms with Gasteiger partial charge in [-0.1, -0.05) is 0 Å². The summed E-state index contributed by atoms with van der Waals surface area (Å²) in [7, 11) is 1.70. The van der Waals surface area contributed by atoms with Gasteiger partial charge in [-0.25, -0.2) is 4.39 Å². The maximum Gasteiger partial charge on any atom is 0.148 e. The summed E-state index contributed by atoms with van der Waals surface area (Å²) in [6.45, 7) is 1.56. The summed E-state index contributed by atoms with van der Waals surface area (Å²) in [5.74, 6) is -0.389. The van der Waals surface area contributed by atoms with Crippen molar-refractivity contribution in [2.24, 2.45) is 0 Å². The highest BCUT2D eigenvalue weighted by molar-refractivity contribution is 9.10. The first-order valence-electron chi connectivity index (χ1n) is 3.79. The molecule has 2 N–H and O–H groups in total. The number of hydrogen-bond acceptors (Lipinski definition) is 2. The van der Waals surface area contributed by atoms with E-state index in [-0.39, 0.29) is 11.5 Å². The van der Waals surface area contributed by atoms with Crippen LogP contribution in [0.4, 0.5) is 10.1 Å². The van der Waals surface area contributed by atoms with Crippen LogP contribution < -0.4 is 5.32 Å². The molecule has 1 aromatic carbocycles. The van der Waals surface area contributed by atoms with Crippen molar-refractivity contribution < 1.29 is 4.39 Å². The van der Waals surface area contributed by atoms with Gasteiger partial charge in [-0.15, -0.1) is 0 Å². The Kier molecular flexibility index (Phi) is 3.03. The van der Waals surface area contributed by atoms with Crippen LogP contribution in [0.15, 0.2) is 16.6 Å². The monoisotopic (exact) mass is 244 g/mol. The molecule has 0 radical (unpaired) electrons. The summed E-state index contributed by atoms with van der Waals surface area (Å²) in [5.41, 5.74) is 1.16. The number of anilines is 1. The van der Waals surface area contributed by atoms with E-state index in [9.17, 15) is 4.39 Å². The number of nitrogens with one attached hydrogen (secondary N) is 2. The third-order valence-electron chi connectivity index (χ3n) is 1.74. The fraction of sp³-hybridized carbons (Fsp3) is 0.222. The Bertz CT molecular complexity index is 350. The van der Waals surface area contributed by atoms with Crippen molar-refractivity contribution in [3.8, 4) is 0 Å². The van der Waals surface area contributed by atoms with Crippen LogP contribution in [0.25, 0.3) is 0 Å². The normalized spacial score (nSPS) is 9.85. The molecule has 0 aromatic heterocycles. The molecule has 1 rings (SSSR count). The zero-order valence-electron chi connectivity index (χ0n) is 7.41. The summed E-state index contributed by atoms with van der Waals surface area (Å²) in [6.07, 6.45) is 0. The van der Waals surface area contributed by atoms with E-state index in [2.05, 4.69) is 21.2 Å². The molecule has 13 heavy (non-hydrogen) atoms. The molecule has 0 heterocycles. The molecule has 0 spiro atoms. The van der Waals surface area contributed by atoms with Crippen LogP contribution in [0.2, 0.25) is 0 Å². The fourth-order valence-corrected chi connectivity index (χ4v) is 1.46. The van der Waals surface area contributed by atoms with Crippen molar-refractivity contribution in [2.75, 3.05) is 12.4 Å². The first-order valence-corrected chi connectivity index (χ1v) is 4.58. The van der Waals surface area contributed by atoms with Crippen molar-refractivity contribution in [3.63, 3.8) is 0 Å². The number of benzene rings is 1. The largest absolute Gasteiger partial charge is 0.387 e. The van der Waals surface area contributed by atoms with Crippen LogP contribution >= 0.6 is 15.9 Å². The lowest BCUT2D eigenvalue weighted by molar-refractivity contribution is 0.619. The van der Waals surface area contributed by atoms with Gasteiger partial charge in [0.1, 0.15) is 5.82 Å². The molecule has 70 valence electrons. The van der Waals surface area contributed by atoms with E-state index in [4.69, 9.17) is 5.41 Å². The topological polar surface area (TPSA) is 35.9 Å². The van der Waals surface area contributed by atoms with Gasteiger partial charge in [0.05, 0.1) is 10.0 Å². The molecule has 0 aliphatic carbocycles. The van der Waals surface area contributed by atoms with Gasteiger partial charge in [-0.3, -0.25) is 0 Å². The maximum absolute atomic E-state index is 13.5. The van der Waals surface area contributed by atoms with E-state index in [1.807, 2.05) is 0 Å². The summed E-state index contributed by atoms with van der Waals surface area (Å²) in [5, 5.41) is 10.3. The van der Waals surface area contributed by atoms with E-state index in [1.165, 1.54) is 0 Å². The standard InChI is InChI=1S/C9H10BrFN2/c1-5(12)8-7(13-2)4-3-6(10)9(8)11/h3-4,12-13H,1-2H3. The van der Waals surface area contributed by atoms with Gasteiger partial charge in [0, 0.05) is 18.4 Å². The first-order chi connectivity index (χ1) is 6.07. The molecule has 0 aliphatic rings. The first kappa shape index (κ1) is 10.2. The average Bonchev–Trinajstić information content (AvgIpc) is 2.08. The van der Waals surface area contributed by atoms with E-state index in [0.717, 1.165) is 0 Å². The van der Waals surface area contributed by atoms with Crippen LogP contribution in [0.1, 0.15) is 12.5 Å². The number of halogens is 2. The fourth-order valence-electron chi connectivity index (χ4n) is 1.13. The Hall–Kier alpha value is -0.900. The van der Waals surface area contributed by atoms with Crippen LogP contribution in [-0.2, 0) is 0 Å². The molecule has 0 aliphatic heterocycles. The zero-order valence-corrected chi connectivity index (χ0v) is 9.00. The molecule has 0 fully saturated rings. The highest BCUT2D eigenvalue weighted by atomic mass is 79.9. The minimum atomic E-state index is -0.389. The second-order valence-corrected chi connectivity index (χ2v) is 3.51. The Balaban J connectivity index is 3.41. The van der Waals surface area contributed by atoms with Crippen molar-refractivity contribution in [1.82, 2.24) is 0 Å². The van der Waals surface area contributed by atoms with Gasteiger partial charge in [0.25, 0.3) is 0 Å². The van der Waals surface area contributed by atoms with Crippen LogP contribution in [0, 0.1) is 11.2 Å². The molecule has 0 unspecified atom stereocenters. The van der Waals surface area contributed by atoms with Crippen molar-refractivity contribution in [2.45, 2.75) is 6.92 Å². The van der Waals surface area contributed by atoms with Crippen molar-refractivity contribution in [1.29, 1.82) is 5.41 Å². The predicted octanol–water partition coefficient (Wildman–Crippen LogP) is 3.02. The van der Waals surface area contributed by atoms with Gasteiger partial charge in [0.15, 0.2) is 0 Å². The number of rotatable bonds is 2. The lowest BCUT2D eigenvalue weighted by Gasteiger charge is -2.09. The lowest BCUT2D eigenvalue weighted by Crippen LogP contribution is -2.04. The van der Waals surface area contributed by atoms with Gasteiger partial charge >= 0.3 is 0 Å². The van der Waals surface area contributed by atoms with E-state index < -0.39 is 0 Å². The van der Waals surface area contributed by atoms with Gasteiger partial charge in [0.2, 0.25) is 0 Å². The summed E-state index contributed by atoms with van der Waals surface area (Å²) in [6, 6.07) is 3.36.